The first-order valence-corrected chi connectivity index (χ1v) is 13.1. The molecule has 0 radical (unpaired) electrons. The van der Waals surface area contributed by atoms with Crippen LogP contribution in [-0.4, -0.2) is 32.7 Å². The minimum atomic E-state index is 0.426. The summed E-state index contributed by atoms with van der Waals surface area (Å²) in [5, 5.41) is 10.2. The first-order valence-electron chi connectivity index (χ1n) is 11.5. The van der Waals surface area contributed by atoms with Crippen molar-refractivity contribution in [3.8, 4) is 0 Å². The van der Waals surface area contributed by atoms with E-state index in [4.69, 9.17) is 0 Å². The van der Waals surface area contributed by atoms with Crippen LogP contribution < -0.4 is 16.0 Å². The van der Waals surface area contributed by atoms with Gasteiger partial charge in [0, 0.05) is 21.1 Å². The molecule has 168 valence electrons. The van der Waals surface area contributed by atoms with Gasteiger partial charge < -0.3 is 16.0 Å². The Bertz CT molecular complexity index is 734. The normalized spacial score (nSPS) is 23.0. The molecule has 2 atom stereocenters. The van der Waals surface area contributed by atoms with Crippen molar-refractivity contribution < 1.29 is 0 Å². The van der Waals surface area contributed by atoms with Crippen LogP contribution >= 0.6 is 31.9 Å². The Balaban J connectivity index is 0.000000481. The van der Waals surface area contributed by atoms with Gasteiger partial charge in [-0.05, 0) is 116 Å². The van der Waals surface area contributed by atoms with E-state index in [-0.39, 0.29) is 0 Å². The lowest BCUT2D eigenvalue weighted by Crippen LogP contribution is -2.41. The second kappa shape index (κ2) is 13.0. The highest BCUT2D eigenvalue weighted by atomic mass is 79.9. The fourth-order valence-electron chi connectivity index (χ4n) is 4.71. The molecule has 2 aliphatic heterocycles. The van der Waals surface area contributed by atoms with Crippen molar-refractivity contribution in [2.75, 3.05) is 26.7 Å². The van der Waals surface area contributed by atoms with Gasteiger partial charge in [0.15, 0.2) is 0 Å². The molecule has 4 rings (SSSR count). The van der Waals surface area contributed by atoms with Gasteiger partial charge in [0.1, 0.15) is 0 Å². The zero-order valence-electron chi connectivity index (χ0n) is 19.2. The minimum Gasteiger partial charge on any atom is -0.383 e. The number of aryl methyl sites for hydroxylation is 2. The predicted molar refractivity (Wildman–Crippen MR) is 139 cm³/mol. The van der Waals surface area contributed by atoms with Crippen LogP contribution in [0.15, 0.2) is 38.9 Å². The molecule has 1 aromatic rings. The van der Waals surface area contributed by atoms with E-state index in [2.05, 4.69) is 86.1 Å². The molecule has 1 unspecified atom stereocenters. The molecule has 0 spiro atoms. The van der Waals surface area contributed by atoms with Gasteiger partial charge in [0.05, 0.1) is 6.04 Å². The van der Waals surface area contributed by atoms with Crippen molar-refractivity contribution in [2.24, 2.45) is 5.92 Å². The largest absolute Gasteiger partial charge is 0.383 e. The Morgan fingerprint density at radius 3 is 2.40 bits per heavy atom. The Kier molecular flexibility index (Phi) is 11.2. The molecule has 1 saturated heterocycles. The fourth-order valence-corrected chi connectivity index (χ4v) is 6.02. The van der Waals surface area contributed by atoms with Gasteiger partial charge in [0.25, 0.3) is 0 Å². The average molecular weight is 541 g/mol. The Hall–Kier alpha value is -0.620. The predicted octanol–water partition coefficient (Wildman–Crippen LogP) is 6.17. The summed E-state index contributed by atoms with van der Waals surface area (Å²) < 4.78 is 2.47. The van der Waals surface area contributed by atoms with E-state index in [0.717, 1.165) is 38.4 Å². The summed E-state index contributed by atoms with van der Waals surface area (Å²) in [5.41, 5.74) is 6.00. The van der Waals surface area contributed by atoms with Crippen LogP contribution in [0.4, 0.5) is 0 Å². The minimum absolute atomic E-state index is 0.426. The monoisotopic (exact) mass is 539 g/mol. The molecule has 0 bridgehead atoms. The lowest BCUT2D eigenvalue weighted by molar-refractivity contribution is 0.287. The van der Waals surface area contributed by atoms with Gasteiger partial charge in [-0.15, -0.1) is 0 Å². The number of piperidine rings is 1. The number of allylic oxidation sites excluding steroid dienone is 2. The molecule has 1 fully saturated rings. The van der Waals surface area contributed by atoms with Gasteiger partial charge >= 0.3 is 0 Å². The first kappa shape index (κ1) is 25.6. The van der Waals surface area contributed by atoms with Crippen LogP contribution in [0.5, 0.6) is 0 Å². The lowest BCUT2D eigenvalue weighted by atomic mass is 9.73. The van der Waals surface area contributed by atoms with E-state index in [1.165, 1.54) is 27.4 Å². The molecular weight excluding hydrogens is 502 g/mol. The SMILES string of the molecule is CC.CCNC.Cc1cc(Br)c2c(c1)CCC1=CC(Br)=CNC1[C@@H]2C1CCNCC1. The Labute approximate surface area is 200 Å². The van der Waals surface area contributed by atoms with Crippen LogP contribution in [-0.2, 0) is 6.42 Å². The van der Waals surface area contributed by atoms with Crippen molar-refractivity contribution in [3.05, 3.63) is 55.6 Å². The first-order chi connectivity index (χ1) is 14.5. The fraction of sp³-hybridized carbons (Fsp3) is 0.600. The van der Waals surface area contributed by atoms with Crippen LogP contribution in [0, 0.1) is 12.8 Å². The lowest BCUT2D eigenvalue weighted by Gasteiger charge is -2.39. The number of nitrogens with one attached hydrogen (secondary N) is 3. The molecule has 2 heterocycles. The van der Waals surface area contributed by atoms with E-state index >= 15 is 0 Å². The molecule has 3 nitrogen and oxygen atoms in total. The second-order valence-electron chi connectivity index (χ2n) is 8.03. The molecule has 0 saturated carbocycles. The second-order valence-corrected chi connectivity index (χ2v) is 9.80. The molecule has 5 heteroatoms. The van der Waals surface area contributed by atoms with E-state index in [0.29, 0.717) is 12.0 Å². The van der Waals surface area contributed by atoms with Crippen LogP contribution in [0.1, 0.15) is 62.6 Å². The molecule has 1 aromatic carbocycles. The van der Waals surface area contributed by atoms with Crippen LogP contribution in [0.3, 0.4) is 0 Å². The van der Waals surface area contributed by atoms with Gasteiger partial charge in [-0.3, -0.25) is 0 Å². The van der Waals surface area contributed by atoms with E-state index in [9.17, 15) is 0 Å². The summed E-state index contributed by atoms with van der Waals surface area (Å²) in [6, 6.07) is 5.14. The molecule has 1 aliphatic carbocycles. The van der Waals surface area contributed by atoms with E-state index in [1.54, 1.807) is 16.7 Å². The maximum absolute atomic E-state index is 3.92. The molecule has 0 amide bonds. The number of dihydropyridines is 1. The maximum Gasteiger partial charge on any atom is 0.0543 e. The standard InChI is InChI=1S/C20H24Br2N2.C3H9N.C2H6/c1-12-8-14-2-3-15-10-16(21)11-24-20(15)19(18(14)17(22)9-12)13-4-6-23-7-5-13;1-3-4-2;1-2/h8-11,13,19-20,23-24H,2-7H2,1H3;4H,3H2,1-2H3;1-2H3/t19-,20?;;/m1../s1. The van der Waals surface area contributed by atoms with E-state index < -0.39 is 0 Å². The molecule has 30 heavy (non-hydrogen) atoms. The topological polar surface area (TPSA) is 36.1 Å². The molecule has 0 aromatic heterocycles. The third-order valence-electron chi connectivity index (χ3n) is 6.10. The van der Waals surface area contributed by atoms with Crippen molar-refractivity contribution in [3.63, 3.8) is 0 Å². The number of rotatable bonds is 2. The van der Waals surface area contributed by atoms with E-state index in [1.807, 2.05) is 20.9 Å². The zero-order chi connectivity index (χ0) is 22.1. The zero-order valence-corrected chi connectivity index (χ0v) is 22.4. The average Bonchev–Trinajstić information content (AvgIpc) is 2.93. The summed E-state index contributed by atoms with van der Waals surface area (Å²) in [5.74, 6) is 1.27. The Morgan fingerprint density at radius 1 is 1.10 bits per heavy atom. The number of benzene rings is 1. The third kappa shape index (κ3) is 6.44. The van der Waals surface area contributed by atoms with Crippen LogP contribution in [0.2, 0.25) is 0 Å². The molecule has 3 N–H and O–H groups in total. The third-order valence-corrected chi connectivity index (χ3v) is 7.22. The van der Waals surface area contributed by atoms with Gasteiger partial charge in [0.2, 0.25) is 0 Å². The molecular formula is C25H39Br2N3. The number of hydrogen-bond donors (Lipinski definition) is 3. The number of fused-ring (bicyclic) bond motifs is 2. The maximum atomic E-state index is 3.92. The smallest absolute Gasteiger partial charge is 0.0543 e. The Morgan fingerprint density at radius 2 is 1.77 bits per heavy atom. The quantitative estimate of drug-likeness (QED) is 0.419. The summed E-state index contributed by atoms with van der Waals surface area (Å²) in [4.78, 5) is 0. The highest BCUT2D eigenvalue weighted by Crippen LogP contribution is 2.46. The summed E-state index contributed by atoms with van der Waals surface area (Å²) in [7, 11) is 1.93. The highest BCUT2D eigenvalue weighted by molar-refractivity contribution is 9.12. The summed E-state index contributed by atoms with van der Waals surface area (Å²) in [6.07, 6.45) is 9.30. The molecule has 3 aliphatic rings. The van der Waals surface area contributed by atoms with Gasteiger partial charge in [-0.2, -0.15) is 0 Å². The van der Waals surface area contributed by atoms with Crippen molar-refractivity contribution in [2.45, 2.75) is 65.3 Å². The summed E-state index contributed by atoms with van der Waals surface area (Å²) >= 11 is 7.57. The van der Waals surface area contributed by atoms with Gasteiger partial charge in [-0.1, -0.05) is 42.8 Å². The van der Waals surface area contributed by atoms with Gasteiger partial charge in [-0.25, -0.2) is 0 Å². The van der Waals surface area contributed by atoms with Crippen LogP contribution in [0.25, 0.3) is 0 Å². The van der Waals surface area contributed by atoms with Crippen molar-refractivity contribution >= 4 is 31.9 Å². The number of hydrogen-bond acceptors (Lipinski definition) is 3. The number of halogens is 2. The van der Waals surface area contributed by atoms with Crippen molar-refractivity contribution in [1.82, 2.24) is 16.0 Å². The summed E-state index contributed by atoms with van der Waals surface area (Å²) in [6.45, 7) is 11.6. The highest BCUT2D eigenvalue weighted by Gasteiger charge is 2.38. The van der Waals surface area contributed by atoms with Crippen molar-refractivity contribution in [1.29, 1.82) is 0 Å².